The van der Waals surface area contributed by atoms with Crippen molar-refractivity contribution in [3.63, 3.8) is 0 Å². The maximum absolute atomic E-state index is 14.2. The van der Waals surface area contributed by atoms with E-state index in [0.29, 0.717) is 29.5 Å². The van der Waals surface area contributed by atoms with E-state index in [9.17, 15) is 23.1 Å². The second-order valence-electron chi connectivity index (χ2n) is 12.4. The van der Waals surface area contributed by atoms with Crippen LogP contribution in [0.1, 0.15) is 57.3 Å². The second kappa shape index (κ2) is 13.7. The number of hydrogen-bond acceptors (Lipinski definition) is 7. The molecule has 4 aromatic rings. The van der Waals surface area contributed by atoms with Crippen molar-refractivity contribution in [2.45, 2.75) is 43.7 Å². The third-order valence-electron chi connectivity index (χ3n) is 9.24. The fourth-order valence-electron chi connectivity index (χ4n) is 6.63. The molecule has 0 spiro atoms. The van der Waals surface area contributed by atoms with E-state index in [1.165, 1.54) is 16.4 Å². The van der Waals surface area contributed by atoms with Gasteiger partial charge in [0.05, 0.1) is 10.5 Å². The number of fused-ring (bicyclic) bond motifs is 1. The van der Waals surface area contributed by atoms with Gasteiger partial charge in [-0.25, -0.2) is 8.42 Å². The number of nitrogens with two attached hydrogens (primary N) is 1. The highest BCUT2D eigenvalue weighted by Gasteiger charge is 2.43. The molecule has 256 valence electrons. The summed E-state index contributed by atoms with van der Waals surface area (Å²) in [5.41, 5.74) is 9.61. The molecule has 2 aliphatic rings. The number of nitrogen functional groups attached to an aromatic ring is 1. The lowest BCUT2D eigenvalue weighted by Gasteiger charge is -2.37. The minimum absolute atomic E-state index is 0.0558. The Morgan fingerprint density at radius 3 is 2.27 bits per heavy atom. The first-order valence-electron chi connectivity index (χ1n) is 15.9. The van der Waals surface area contributed by atoms with Gasteiger partial charge in [0.25, 0.3) is 5.91 Å². The van der Waals surface area contributed by atoms with Crippen molar-refractivity contribution in [2.24, 2.45) is 5.73 Å². The van der Waals surface area contributed by atoms with Crippen LogP contribution in [0.3, 0.4) is 0 Å². The van der Waals surface area contributed by atoms with E-state index in [0.717, 1.165) is 22.2 Å². The molecule has 14 heteroatoms. The molecular formula is C35H36Cl2N6O5S. The summed E-state index contributed by atoms with van der Waals surface area (Å²) >= 11 is 13.3. The molecule has 2 saturated heterocycles. The van der Waals surface area contributed by atoms with E-state index in [4.69, 9.17) is 34.3 Å². The number of aromatic nitrogens is 1. The lowest BCUT2D eigenvalue weighted by molar-refractivity contribution is -0.136. The van der Waals surface area contributed by atoms with E-state index in [1.807, 2.05) is 19.9 Å². The molecule has 0 bridgehead atoms. The normalized spacial score (nSPS) is 17.8. The van der Waals surface area contributed by atoms with Gasteiger partial charge in [0.2, 0.25) is 15.9 Å². The van der Waals surface area contributed by atoms with E-state index in [2.05, 4.69) is 4.98 Å². The van der Waals surface area contributed by atoms with Crippen LogP contribution < -0.4 is 5.73 Å². The highest BCUT2D eigenvalue weighted by Crippen LogP contribution is 2.41. The summed E-state index contributed by atoms with van der Waals surface area (Å²) in [6.45, 7) is 5.05. The first-order valence-corrected chi connectivity index (χ1v) is 18.1. The van der Waals surface area contributed by atoms with Gasteiger partial charge in [0.1, 0.15) is 22.9 Å². The Labute approximate surface area is 294 Å². The highest BCUT2D eigenvalue weighted by molar-refractivity contribution is 7.89. The van der Waals surface area contributed by atoms with E-state index < -0.39 is 22.2 Å². The monoisotopic (exact) mass is 722 g/mol. The van der Waals surface area contributed by atoms with E-state index in [-0.39, 0.29) is 70.9 Å². The fraction of sp³-hybridized carbons (Fsp3) is 0.314. The van der Waals surface area contributed by atoms with Gasteiger partial charge in [-0.05, 0) is 80.3 Å². The quantitative estimate of drug-likeness (QED) is 0.185. The van der Waals surface area contributed by atoms with Crippen molar-refractivity contribution in [3.05, 3.63) is 104 Å². The summed E-state index contributed by atoms with van der Waals surface area (Å²) in [6, 6.07) is 15.5. The van der Waals surface area contributed by atoms with Crippen LogP contribution in [0.2, 0.25) is 10.0 Å². The number of hydrogen-bond donors (Lipinski definition) is 3. The van der Waals surface area contributed by atoms with Crippen molar-refractivity contribution in [1.82, 2.24) is 19.1 Å². The predicted octanol–water partition coefficient (Wildman–Crippen LogP) is 4.66. The van der Waals surface area contributed by atoms with Crippen molar-refractivity contribution in [2.75, 3.05) is 32.7 Å². The molecule has 4 N–H and O–H groups in total. The van der Waals surface area contributed by atoms with Crippen LogP contribution in [0.15, 0.2) is 65.6 Å². The Balaban J connectivity index is 1.19. The Morgan fingerprint density at radius 1 is 0.939 bits per heavy atom. The molecule has 1 aromatic heterocycles. The van der Waals surface area contributed by atoms with Gasteiger partial charge in [-0.15, -0.1) is 0 Å². The number of aliphatic hydroxyl groups is 1. The van der Waals surface area contributed by atoms with Gasteiger partial charge in [-0.3, -0.25) is 20.0 Å². The number of aryl methyl sites for hydroxylation is 2. The number of pyridine rings is 1. The second-order valence-corrected chi connectivity index (χ2v) is 15.1. The number of halogens is 2. The number of rotatable bonds is 7. The molecule has 3 heterocycles. The molecule has 2 aliphatic heterocycles. The number of piperazine rings is 1. The topological polar surface area (TPSA) is 161 Å². The van der Waals surface area contributed by atoms with Gasteiger partial charge in [0.15, 0.2) is 0 Å². The summed E-state index contributed by atoms with van der Waals surface area (Å²) < 4.78 is 29.5. The summed E-state index contributed by atoms with van der Waals surface area (Å²) in [5, 5.41) is 19.8. The molecule has 2 atom stereocenters. The van der Waals surface area contributed by atoms with Gasteiger partial charge < -0.3 is 20.6 Å². The number of benzene rings is 3. The summed E-state index contributed by atoms with van der Waals surface area (Å²) in [4.78, 5) is 34.4. The van der Waals surface area contributed by atoms with Crippen LogP contribution in [0.5, 0.6) is 0 Å². The molecule has 2 fully saturated rings. The van der Waals surface area contributed by atoms with Crippen LogP contribution in [0, 0.1) is 19.3 Å². The highest BCUT2D eigenvalue weighted by atomic mass is 35.5. The fourth-order valence-corrected chi connectivity index (χ4v) is 9.23. The van der Waals surface area contributed by atoms with Crippen LogP contribution >= 0.6 is 23.2 Å². The van der Waals surface area contributed by atoms with Crippen LogP contribution in [-0.2, 0) is 14.8 Å². The van der Waals surface area contributed by atoms with E-state index >= 15 is 0 Å². The van der Waals surface area contributed by atoms with E-state index in [1.54, 1.807) is 52.3 Å². The zero-order chi connectivity index (χ0) is 35.2. The van der Waals surface area contributed by atoms with Crippen molar-refractivity contribution in [3.8, 4) is 0 Å². The molecule has 2 unspecified atom stereocenters. The molecule has 3 aromatic carbocycles. The summed E-state index contributed by atoms with van der Waals surface area (Å²) in [5.74, 6) is -0.623. The maximum atomic E-state index is 14.2. The number of nitrogens with one attached hydrogen (secondary N) is 1. The number of carbonyl (C=O) groups is 2. The maximum Gasteiger partial charge on any atom is 0.253 e. The number of nitrogens with zero attached hydrogens (tertiary/aromatic N) is 4. The van der Waals surface area contributed by atoms with Crippen molar-refractivity contribution >= 4 is 61.8 Å². The number of carbonyl (C=O) groups excluding carboxylic acids is 2. The smallest absolute Gasteiger partial charge is 0.253 e. The van der Waals surface area contributed by atoms with Gasteiger partial charge in [-0.2, -0.15) is 4.31 Å². The molecule has 0 radical (unpaired) electrons. The lowest BCUT2D eigenvalue weighted by Crippen LogP contribution is -2.55. The average Bonchev–Trinajstić information content (AvgIpc) is 3.59. The van der Waals surface area contributed by atoms with Gasteiger partial charge in [0, 0.05) is 65.5 Å². The molecule has 11 nitrogen and oxygen atoms in total. The Bertz CT molecular complexity index is 2080. The van der Waals surface area contributed by atoms with Gasteiger partial charge in [-0.1, -0.05) is 41.4 Å². The van der Waals surface area contributed by atoms with Crippen LogP contribution in [0.4, 0.5) is 0 Å². The Hall–Kier alpha value is -4.07. The summed E-state index contributed by atoms with van der Waals surface area (Å²) in [6.07, 6.45) is -0.512. The molecule has 0 aliphatic carbocycles. The molecule has 49 heavy (non-hydrogen) atoms. The number of amides is 2. The zero-order valence-electron chi connectivity index (χ0n) is 27.0. The first kappa shape index (κ1) is 34.8. The number of amidine groups is 1. The third kappa shape index (κ3) is 6.63. The predicted molar refractivity (Wildman–Crippen MR) is 189 cm³/mol. The molecule has 6 rings (SSSR count). The minimum Gasteiger partial charge on any atom is -0.384 e. The number of aliphatic hydroxyl groups excluding tert-OH is 1. The van der Waals surface area contributed by atoms with Crippen molar-refractivity contribution < 1.29 is 23.1 Å². The van der Waals surface area contributed by atoms with Crippen molar-refractivity contribution in [1.29, 1.82) is 5.41 Å². The molecule has 0 saturated carbocycles. The van der Waals surface area contributed by atoms with Crippen LogP contribution in [0.25, 0.3) is 10.9 Å². The largest absolute Gasteiger partial charge is 0.384 e. The summed E-state index contributed by atoms with van der Waals surface area (Å²) in [7, 11) is -4.29. The first-order chi connectivity index (χ1) is 23.3. The molecular weight excluding hydrogens is 687 g/mol. The minimum atomic E-state index is -4.29. The zero-order valence-corrected chi connectivity index (χ0v) is 29.3. The molecule has 2 amide bonds. The number of sulfonamides is 1. The van der Waals surface area contributed by atoms with Gasteiger partial charge >= 0.3 is 0 Å². The van der Waals surface area contributed by atoms with Crippen LogP contribution in [-0.4, -0.2) is 89.0 Å². The average molecular weight is 724 g/mol. The standard InChI is InChI=1S/C35H36Cl2N6O5S/c1-20-18-21(2)40-27-11-9-24(19-25(20)27)32(44)30-26(36)10-12-29(31(30)37)49(47,48)43-13-3-4-28(43)35(46)42-16-14-41(15-17-42)34(45)23-7-5-22(6-8-23)33(38)39/h5-12,18-19,28,32,44H,3-4,13-17H2,1-2H3,(H3,38,39). The Morgan fingerprint density at radius 2 is 1.59 bits per heavy atom. The third-order valence-corrected chi connectivity index (χ3v) is 12.0. The lowest BCUT2D eigenvalue weighted by atomic mass is 9.98. The Kier molecular flexibility index (Phi) is 9.71. The SMILES string of the molecule is Cc1cc(C)c2cc(C(O)c3c(Cl)ccc(S(=O)(=O)N4CCCC4C(=O)N4CCN(C(=O)c5ccc(C(=N)N)cc5)CC4)c3Cl)ccc2n1.